The van der Waals surface area contributed by atoms with Crippen molar-refractivity contribution in [3.05, 3.63) is 205 Å². The van der Waals surface area contributed by atoms with E-state index in [1.165, 1.54) is 61.4 Å². The molecule has 3 fully saturated rings. The van der Waals surface area contributed by atoms with Crippen LogP contribution in [0.3, 0.4) is 0 Å². The van der Waals surface area contributed by atoms with Crippen LogP contribution in [0.1, 0.15) is 131 Å². The van der Waals surface area contributed by atoms with E-state index in [2.05, 4.69) is 39.2 Å². The Labute approximate surface area is 700 Å². The van der Waals surface area contributed by atoms with Crippen molar-refractivity contribution in [2.45, 2.75) is 157 Å². The number of nitrogens with two attached hydrogens (primary N) is 2. The minimum absolute atomic E-state index is 0.249. The summed E-state index contributed by atoms with van der Waals surface area (Å²) in [6, 6.07) is 25.5. The van der Waals surface area contributed by atoms with Crippen LogP contribution in [-0.2, 0) is 48.0 Å². The Hall–Kier alpha value is -8.61. The van der Waals surface area contributed by atoms with Crippen LogP contribution >= 0.6 is 0 Å². The van der Waals surface area contributed by atoms with Gasteiger partial charge >= 0.3 is 43.2 Å². The van der Waals surface area contributed by atoms with Crippen molar-refractivity contribution < 1.29 is 121 Å². The van der Waals surface area contributed by atoms with Crippen LogP contribution in [0.2, 0.25) is 0 Å². The van der Waals surface area contributed by atoms with Gasteiger partial charge in [-0.1, -0.05) is 13.8 Å². The normalized spacial score (nSPS) is 14.7. The minimum Gasteiger partial charge on any atom is -0.492 e. The van der Waals surface area contributed by atoms with Crippen molar-refractivity contribution in [2.75, 3.05) is 149 Å². The molecule has 3 aliphatic rings. The summed E-state index contributed by atoms with van der Waals surface area (Å²) in [5.41, 5.74) is 11.4. The van der Waals surface area contributed by atoms with E-state index < -0.39 is 87.7 Å². The standard InChI is InChI=1S/C14H18F3NO.C14H20F3NO.C13H16F3NO.C12H15F3N2.2C12H16F3NO.C10H12F3NO/c1-11-10-12(14(15,16)17)4-5-13(11)19-9-8-18-6-2-3-7-18;1-4-18(5-2)8-9-19-13-7-6-12(10-11(13)3)14(15,16)17;1-9-7-10(13(14,15)16)4-5-12(9)18-8-11-3-2-6-17-11;1-9-8-10(12(13,14)15)2-3-11(9)17-6-4-16-5-7-17;1-8-6-9(12(13,14)15)4-5-10(8)17-7-11(2,3)16;1-9-8-10(12(13,14)15)4-5-11(9)16(2)6-7-17-3;1-7-6-8(10(11,12)13)2-3-9(7)15-5-4-14/h4-5,10H,2-3,6-9H2,1H3;6-7,10H,4-5,8-9H2,1-3H3;4-5,7,11,17H,2-3,6,8H2,1H3;2-3,8,16H,4-7H2,1H3;4-6H,7,16H2,1-3H3;4-5,8H,6-7H2,1-3H3;2-3,6H,4-5,14H2,1H3. The first-order valence-corrected chi connectivity index (χ1v) is 39.4. The van der Waals surface area contributed by atoms with E-state index in [-0.39, 0.29) is 6.61 Å². The number of piperazine rings is 1. The fraction of sp³-hybridized carbons (Fsp3) is 0.517. The number of likely N-dealkylation sites (N-methyl/N-ethyl adjacent to an activating group) is 2. The molecule has 3 saturated heterocycles. The molecule has 14 nitrogen and oxygen atoms in total. The van der Waals surface area contributed by atoms with Crippen molar-refractivity contribution in [1.29, 1.82) is 0 Å². The van der Waals surface area contributed by atoms with E-state index in [0.717, 1.165) is 169 Å². The van der Waals surface area contributed by atoms with Gasteiger partial charge in [-0.3, -0.25) is 4.90 Å². The summed E-state index contributed by atoms with van der Waals surface area (Å²) >= 11 is 0. The van der Waals surface area contributed by atoms with Crippen LogP contribution in [0.25, 0.3) is 0 Å². The molecule has 6 N–H and O–H groups in total. The Morgan fingerprint density at radius 1 is 0.410 bits per heavy atom. The molecular formula is C87H113F21N8O6. The van der Waals surface area contributed by atoms with E-state index in [0.29, 0.717) is 120 Å². The second-order valence-electron chi connectivity index (χ2n) is 29.8. The third-order valence-electron chi connectivity index (χ3n) is 19.1. The Bertz CT molecular complexity index is 4170. The maximum absolute atomic E-state index is 12.5. The number of benzene rings is 7. The molecule has 10 rings (SSSR count). The van der Waals surface area contributed by atoms with Gasteiger partial charge in [-0.15, -0.1) is 0 Å². The summed E-state index contributed by atoms with van der Waals surface area (Å²) in [5.74, 6) is 2.44. The Balaban J connectivity index is 0.000000299. The number of hydrogen-bond donors (Lipinski definition) is 4. The van der Waals surface area contributed by atoms with Crippen LogP contribution in [0.15, 0.2) is 127 Å². The van der Waals surface area contributed by atoms with E-state index in [1.807, 2.05) is 11.9 Å². The largest absolute Gasteiger partial charge is 0.492 e. The summed E-state index contributed by atoms with van der Waals surface area (Å²) < 4.78 is 294. The van der Waals surface area contributed by atoms with Crippen LogP contribution < -0.4 is 55.6 Å². The number of methoxy groups -OCH3 is 1. The van der Waals surface area contributed by atoms with Gasteiger partial charge in [0.15, 0.2) is 0 Å². The molecule has 0 aromatic heterocycles. The molecule has 1 atom stereocenters. The van der Waals surface area contributed by atoms with Crippen LogP contribution in [-0.4, -0.2) is 160 Å². The molecule has 0 spiro atoms. The minimum atomic E-state index is -4.32. The summed E-state index contributed by atoms with van der Waals surface area (Å²) in [7, 11) is 3.42. The quantitative estimate of drug-likeness (QED) is 0.0426. The number of aryl methyl sites for hydroxylation is 7. The molecule has 684 valence electrons. The predicted octanol–water partition coefficient (Wildman–Crippen LogP) is 21.4. The van der Waals surface area contributed by atoms with Crippen LogP contribution in [0, 0.1) is 48.5 Å². The average Bonchev–Trinajstić information content (AvgIpc) is 1.19. The van der Waals surface area contributed by atoms with Crippen molar-refractivity contribution in [3.63, 3.8) is 0 Å². The SMILES string of the molecule is CCN(CC)CCOc1ccc(C(F)(F)F)cc1C.COCCN(C)c1ccc(C(F)(F)F)cc1C.Cc1cc(C(F)(F)F)ccc1N1CCNCC1.Cc1cc(C(F)(F)F)ccc1OCC(C)(C)N.Cc1cc(C(F)(F)F)ccc1OCC1CCCN1.Cc1cc(C(F)(F)F)ccc1OCCN.Cc1cc(C(F)(F)F)ccc1OCCN1CCCC1. The van der Waals surface area contributed by atoms with E-state index in [9.17, 15) is 92.2 Å². The molecule has 7 aromatic rings. The molecular weight excluding hydrogens is 1650 g/mol. The van der Waals surface area contributed by atoms with E-state index in [4.69, 9.17) is 39.9 Å². The highest BCUT2D eigenvalue weighted by molar-refractivity contribution is 5.56. The number of nitrogens with one attached hydrogen (secondary N) is 2. The fourth-order valence-electron chi connectivity index (χ4n) is 12.3. The second kappa shape index (κ2) is 48.6. The average molecular weight is 1770 g/mol. The lowest BCUT2D eigenvalue weighted by Gasteiger charge is -2.31. The Morgan fingerprint density at radius 3 is 1.10 bits per heavy atom. The van der Waals surface area contributed by atoms with E-state index >= 15 is 0 Å². The third-order valence-corrected chi connectivity index (χ3v) is 19.1. The van der Waals surface area contributed by atoms with Gasteiger partial charge in [0.25, 0.3) is 0 Å². The highest BCUT2D eigenvalue weighted by atomic mass is 19.4. The number of anilines is 2. The van der Waals surface area contributed by atoms with Crippen molar-refractivity contribution >= 4 is 11.4 Å². The highest BCUT2D eigenvalue weighted by Crippen LogP contribution is 2.39. The first kappa shape index (κ1) is 106. The van der Waals surface area contributed by atoms with Crippen molar-refractivity contribution in [2.24, 2.45) is 11.5 Å². The molecule has 0 aliphatic carbocycles. The number of nitrogens with zero attached hydrogens (tertiary/aromatic N) is 4. The number of alkyl halides is 21. The van der Waals surface area contributed by atoms with Gasteiger partial charge < -0.3 is 65.2 Å². The molecule has 0 radical (unpaired) electrons. The predicted molar refractivity (Wildman–Crippen MR) is 433 cm³/mol. The zero-order chi connectivity index (χ0) is 91.8. The Kier molecular flexibility index (Phi) is 42.1. The number of likely N-dealkylation sites (tertiary alicyclic amines) is 1. The Morgan fingerprint density at radius 2 is 0.762 bits per heavy atom. The lowest BCUT2D eigenvalue weighted by molar-refractivity contribution is -0.138. The van der Waals surface area contributed by atoms with Gasteiger partial charge in [0, 0.05) is 89.5 Å². The smallest absolute Gasteiger partial charge is 0.416 e. The lowest BCUT2D eigenvalue weighted by Crippen LogP contribution is -2.43. The van der Waals surface area contributed by atoms with Gasteiger partial charge in [-0.25, -0.2) is 0 Å². The van der Waals surface area contributed by atoms with Crippen LogP contribution in [0.4, 0.5) is 104 Å². The zero-order valence-corrected chi connectivity index (χ0v) is 70.8. The molecule has 1 unspecified atom stereocenters. The number of halogens is 21. The van der Waals surface area contributed by atoms with Crippen LogP contribution in [0.5, 0.6) is 28.7 Å². The highest BCUT2D eigenvalue weighted by Gasteiger charge is 2.37. The molecule has 122 heavy (non-hydrogen) atoms. The number of ether oxygens (including phenoxy) is 6. The maximum atomic E-state index is 12.5. The van der Waals surface area contributed by atoms with Gasteiger partial charge in [0.1, 0.15) is 61.8 Å². The van der Waals surface area contributed by atoms with Crippen molar-refractivity contribution in [3.8, 4) is 28.7 Å². The summed E-state index contributed by atoms with van der Waals surface area (Å²) in [4.78, 5) is 8.49. The first-order chi connectivity index (χ1) is 56.7. The van der Waals surface area contributed by atoms with Gasteiger partial charge in [0.05, 0.1) is 45.6 Å². The van der Waals surface area contributed by atoms with Crippen molar-refractivity contribution in [1.82, 2.24) is 20.4 Å². The maximum Gasteiger partial charge on any atom is 0.416 e. The molecule has 3 heterocycles. The number of rotatable bonds is 24. The molecule has 35 heteroatoms. The van der Waals surface area contributed by atoms with E-state index in [1.54, 1.807) is 75.5 Å². The monoisotopic (exact) mass is 1760 g/mol. The zero-order valence-electron chi connectivity index (χ0n) is 70.8. The first-order valence-electron chi connectivity index (χ1n) is 39.4. The molecule has 0 bridgehead atoms. The molecule has 0 amide bonds. The second-order valence-corrected chi connectivity index (χ2v) is 29.8. The number of hydrogen-bond acceptors (Lipinski definition) is 14. The molecule has 0 saturated carbocycles. The molecule has 3 aliphatic heterocycles. The third kappa shape index (κ3) is 37.8. The van der Waals surface area contributed by atoms with Gasteiger partial charge in [-0.2, -0.15) is 92.2 Å². The van der Waals surface area contributed by atoms with Gasteiger partial charge in [-0.05, 0) is 287 Å². The lowest BCUT2D eigenvalue weighted by atomic mass is 10.1. The summed E-state index contributed by atoms with van der Waals surface area (Å²) in [5, 5.41) is 6.49. The summed E-state index contributed by atoms with van der Waals surface area (Å²) in [6.45, 7) is 32.8. The topological polar surface area (TPSA) is 144 Å². The molecule has 7 aromatic carbocycles. The fourth-order valence-corrected chi connectivity index (χ4v) is 12.3. The summed E-state index contributed by atoms with van der Waals surface area (Å²) in [6.07, 6.45) is -25.4. The van der Waals surface area contributed by atoms with Gasteiger partial charge in [0.2, 0.25) is 0 Å².